The second-order valence-electron chi connectivity index (χ2n) is 4.52. The van der Waals surface area contributed by atoms with Crippen LogP contribution in [-0.2, 0) is 11.3 Å². The van der Waals surface area contributed by atoms with Crippen LogP contribution in [0.4, 0.5) is 5.13 Å². The van der Waals surface area contributed by atoms with E-state index in [0.717, 1.165) is 24.6 Å². The van der Waals surface area contributed by atoms with Gasteiger partial charge in [-0.1, -0.05) is 6.92 Å². The predicted molar refractivity (Wildman–Crippen MR) is 75.9 cm³/mol. The Bertz CT molecular complexity index is 378. The van der Waals surface area contributed by atoms with Crippen LogP contribution in [0.2, 0.25) is 0 Å². The van der Waals surface area contributed by atoms with Crippen molar-refractivity contribution in [3.63, 3.8) is 0 Å². The summed E-state index contributed by atoms with van der Waals surface area (Å²) >= 11 is 1.65. The molecule has 0 bridgehead atoms. The van der Waals surface area contributed by atoms with E-state index in [1.54, 1.807) is 30.3 Å². The predicted octanol–water partition coefficient (Wildman–Crippen LogP) is 1.48. The fourth-order valence-electron chi connectivity index (χ4n) is 1.39. The van der Waals surface area contributed by atoms with Crippen molar-refractivity contribution in [3.8, 4) is 0 Å². The Labute approximate surface area is 113 Å². The molecule has 5 nitrogen and oxygen atoms in total. The Morgan fingerprint density at radius 2 is 2.17 bits per heavy atom. The third kappa shape index (κ3) is 5.01. The van der Waals surface area contributed by atoms with Crippen molar-refractivity contribution in [1.29, 1.82) is 0 Å². The molecule has 0 radical (unpaired) electrons. The van der Waals surface area contributed by atoms with Crippen molar-refractivity contribution in [2.24, 2.45) is 0 Å². The lowest BCUT2D eigenvalue weighted by Crippen LogP contribution is -2.33. The molecule has 1 rings (SSSR count). The van der Waals surface area contributed by atoms with Crippen LogP contribution < -0.4 is 5.32 Å². The SMILES string of the molecule is CCCNc1ncc(CN(C)CC(=O)N(C)C)s1. The summed E-state index contributed by atoms with van der Waals surface area (Å²) < 4.78 is 0. The Morgan fingerprint density at radius 1 is 1.44 bits per heavy atom. The molecule has 0 aromatic carbocycles. The molecular formula is C12H22N4OS. The van der Waals surface area contributed by atoms with E-state index in [9.17, 15) is 4.79 Å². The number of hydrogen-bond acceptors (Lipinski definition) is 5. The second-order valence-corrected chi connectivity index (χ2v) is 5.63. The number of rotatable bonds is 7. The number of anilines is 1. The molecule has 0 saturated carbocycles. The molecule has 1 heterocycles. The number of nitrogens with one attached hydrogen (secondary N) is 1. The zero-order valence-electron chi connectivity index (χ0n) is 11.6. The number of carbonyl (C=O) groups excluding carboxylic acids is 1. The molecule has 102 valence electrons. The van der Waals surface area contributed by atoms with Gasteiger partial charge >= 0.3 is 0 Å². The molecule has 0 aliphatic rings. The zero-order chi connectivity index (χ0) is 13.5. The Kier molecular flexibility index (Phi) is 6.07. The number of carbonyl (C=O) groups is 1. The average molecular weight is 270 g/mol. The van der Waals surface area contributed by atoms with Gasteiger partial charge in [0.15, 0.2) is 5.13 Å². The number of aromatic nitrogens is 1. The monoisotopic (exact) mass is 270 g/mol. The van der Waals surface area contributed by atoms with Gasteiger partial charge in [0.25, 0.3) is 0 Å². The maximum absolute atomic E-state index is 11.5. The van der Waals surface area contributed by atoms with Crippen LogP contribution in [0.5, 0.6) is 0 Å². The summed E-state index contributed by atoms with van der Waals surface area (Å²) in [7, 11) is 5.49. The van der Waals surface area contributed by atoms with Gasteiger partial charge in [-0.15, -0.1) is 11.3 Å². The lowest BCUT2D eigenvalue weighted by Gasteiger charge is -2.17. The van der Waals surface area contributed by atoms with Gasteiger partial charge in [-0.05, 0) is 13.5 Å². The minimum Gasteiger partial charge on any atom is -0.362 e. The van der Waals surface area contributed by atoms with Gasteiger partial charge in [-0.2, -0.15) is 0 Å². The average Bonchev–Trinajstić information content (AvgIpc) is 2.73. The van der Waals surface area contributed by atoms with E-state index in [2.05, 4.69) is 17.2 Å². The molecule has 18 heavy (non-hydrogen) atoms. The van der Waals surface area contributed by atoms with Gasteiger partial charge in [0, 0.05) is 38.3 Å². The minimum absolute atomic E-state index is 0.117. The summed E-state index contributed by atoms with van der Waals surface area (Å²) in [6.07, 6.45) is 2.96. The molecule has 0 aliphatic carbocycles. The highest BCUT2D eigenvalue weighted by molar-refractivity contribution is 7.15. The van der Waals surface area contributed by atoms with Crippen molar-refractivity contribution < 1.29 is 4.79 Å². The highest BCUT2D eigenvalue weighted by atomic mass is 32.1. The molecule has 0 unspecified atom stereocenters. The first-order chi connectivity index (χ1) is 8.52. The Morgan fingerprint density at radius 3 is 2.78 bits per heavy atom. The zero-order valence-corrected chi connectivity index (χ0v) is 12.4. The van der Waals surface area contributed by atoms with Crippen LogP contribution in [0, 0.1) is 0 Å². The van der Waals surface area contributed by atoms with E-state index in [4.69, 9.17) is 0 Å². The molecule has 0 aliphatic heterocycles. The molecule has 0 saturated heterocycles. The first-order valence-electron chi connectivity index (χ1n) is 6.10. The van der Waals surface area contributed by atoms with E-state index in [1.165, 1.54) is 4.88 Å². The van der Waals surface area contributed by atoms with E-state index >= 15 is 0 Å². The van der Waals surface area contributed by atoms with Crippen molar-refractivity contribution in [2.75, 3.05) is 39.5 Å². The summed E-state index contributed by atoms with van der Waals surface area (Å²) in [6.45, 7) is 4.26. The van der Waals surface area contributed by atoms with Crippen molar-refractivity contribution in [2.45, 2.75) is 19.9 Å². The second kappa shape index (κ2) is 7.33. The van der Waals surface area contributed by atoms with Crippen LogP contribution in [-0.4, -0.2) is 54.9 Å². The normalized spacial score (nSPS) is 10.7. The highest BCUT2D eigenvalue weighted by Crippen LogP contribution is 2.19. The number of hydrogen-bond donors (Lipinski definition) is 1. The van der Waals surface area contributed by atoms with Gasteiger partial charge in [-0.25, -0.2) is 4.98 Å². The Hall–Kier alpha value is -1.14. The van der Waals surface area contributed by atoms with E-state index in [0.29, 0.717) is 6.54 Å². The molecule has 1 N–H and O–H groups in total. The number of likely N-dealkylation sites (N-methyl/N-ethyl adjacent to an activating group) is 2. The molecule has 1 aromatic heterocycles. The van der Waals surface area contributed by atoms with Gasteiger partial charge < -0.3 is 10.2 Å². The molecule has 6 heteroatoms. The first kappa shape index (κ1) is 14.9. The van der Waals surface area contributed by atoms with E-state index in [-0.39, 0.29) is 5.91 Å². The number of nitrogens with zero attached hydrogens (tertiary/aromatic N) is 3. The Balaban J connectivity index is 2.41. The molecule has 0 spiro atoms. The van der Waals surface area contributed by atoms with Gasteiger partial charge in [0.2, 0.25) is 5.91 Å². The van der Waals surface area contributed by atoms with E-state index in [1.807, 2.05) is 18.1 Å². The van der Waals surface area contributed by atoms with Crippen LogP contribution in [0.15, 0.2) is 6.20 Å². The van der Waals surface area contributed by atoms with Gasteiger partial charge in [0.1, 0.15) is 0 Å². The van der Waals surface area contributed by atoms with Gasteiger partial charge in [-0.3, -0.25) is 9.69 Å². The molecule has 0 atom stereocenters. The summed E-state index contributed by atoms with van der Waals surface area (Å²) in [4.78, 5) is 20.6. The van der Waals surface area contributed by atoms with Crippen LogP contribution >= 0.6 is 11.3 Å². The summed E-state index contributed by atoms with van der Waals surface area (Å²) in [5, 5.41) is 4.22. The maximum Gasteiger partial charge on any atom is 0.236 e. The first-order valence-corrected chi connectivity index (χ1v) is 6.91. The topological polar surface area (TPSA) is 48.5 Å². The number of thiazole rings is 1. The van der Waals surface area contributed by atoms with Crippen molar-refractivity contribution in [1.82, 2.24) is 14.8 Å². The van der Waals surface area contributed by atoms with Crippen molar-refractivity contribution >= 4 is 22.4 Å². The number of amides is 1. The summed E-state index contributed by atoms with van der Waals surface area (Å²) in [5.74, 6) is 0.117. The molecule has 1 amide bonds. The summed E-state index contributed by atoms with van der Waals surface area (Å²) in [5.41, 5.74) is 0. The maximum atomic E-state index is 11.5. The van der Waals surface area contributed by atoms with E-state index < -0.39 is 0 Å². The lowest BCUT2D eigenvalue weighted by molar-refractivity contribution is -0.129. The highest BCUT2D eigenvalue weighted by Gasteiger charge is 2.10. The summed E-state index contributed by atoms with van der Waals surface area (Å²) in [6, 6.07) is 0. The third-order valence-corrected chi connectivity index (χ3v) is 3.35. The van der Waals surface area contributed by atoms with Crippen LogP contribution in [0.1, 0.15) is 18.2 Å². The molecule has 1 aromatic rings. The fraction of sp³-hybridized carbons (Fsp3) is 0.667. The molecular weight excluding hydrogens is 248 g/mol. The van der Waals surface area contributed by atoms with Gasteiger partial charge in [0.05, 0.1) is 6.54 Å². The quantitative estimate of drug-likeness (QED) is 0.815. The van der Waals surface area contributed by atoms with Crippen molar-refractivity contribution in [3.05, 3.63) is 11.1 Å². The standard InChI is InChI=1S/C12H22N4OS/c1-5-6-13-12-14-7-10(18-12)8-16(4)9-11(17)15(2)3/h7H,5-6,8-9H2,1-4H3,(H,13,14). The third-order valence-electron chi connectivity index (χ3n) is 2.41. The van der Waals surface area contributed by atoms with Crippen LogP contribution in [0.25, 0.3) is 0 Å². The minimum atomic E-state index is 0.117. The largest absolute Gasteiger partial charge is 0.362 e. The molecule has 0 fully saturated rings. The smallest absolute Gasteiger partial charge is 0.236 e. The lowest BCUT2D eigenvalue weighted by atomic mass is 10.4. The fourth-order valence-corrected chi connectivity index (χ4v) is 2.31. The van der Waals surface area contributed by atoms with Crippen LogP contribution in [0.3, 0.4) is 0 Å².